The normalized spacial score (nSPS) is 10.4. The van der Waals surface area contributed by atoms with Crippen LogP contribution >= 0.6 is 0 Å². The smallest absolute Gasteiger partial charge is 0.273 e. The highest BCUT2D eigenvalue weighted by Crippen LogP contribution is 2.07. The van der Waals surface area contributed by atoms with E-state index in [4.69, 9.17) is 0 Å². The van der Waals surface area contributed by atoms with Crippen molar-refractivity contribution in [2.45, 2.75) is 6.42 Å². The van der Waals surface area contributed by atoms with E-state index in [-0.39, 0.29) is 17.9 Å². The minimum absolute atomic E-state index is 0.173. The van der Waals surface area contributed by atoms with Gasteiger partial charge in [0.25, 0.3) is 5.56 Å². The van der Waals surface area contributed by atoms with E-state index in [2.05, 4.69) is 10.4 Å². The average molecular weight is 293 g/mol. The first-order chi connectivity index (χ1) is 10.7. The zero-order valence-corrected chi connectivity index (χ0v) is 11.8. The third-order valence-corrected chi connectivity index (χ3v) is 3.22. The van der Waals surface area contributed by atoms with Crippen molar-refractivity contribution in [2.75, 3.05) is 5.32 Å². The van der Waals surface area contributed by atoms with Gasteiger partial charge in [0.1, 0.15) is 5.82 Å². The fraction of sp³-hybridized carbons (Fsp3) is 0.0588. The van der Waals surface area contributed by atoms with Crippen molar-refractivity contribution in [3.8, 4) is 5.69 Å². The number of H-pyrrole nitrogens is 1. The molecule has 0 unspecified atom stereocenters. The summed E-state index contributed by atoms with van der Waals surface area (Å²) in [5.74, 6) is 0.211. The minimum Gasteiger partial charge on any atom is -0.311 e. The third kappa shape index (κ3) is 3.15. The Morgan fingerprint density at radius 3 is 2.32 bits per heavy atom. The molecule has 0 saturated carbocycles. The SMILES string of the molecule is O=C(Cc1ccccc1)Nc1cc(=O)n(-c2ccccc2)[nH]1. The van der Waals surface area contributed by atoms with E-state index in [0.29, 0.717) is 5.82 Å². The van der Waals surface area contributed by atoms with E-state index >= 15 is 0 Å². The molecule has 0 aliphatic rings. The maximum Gasteiger partial charge on any atom is 0.273 e. The molecular weight excluding hydrogens is 278 g/mol. The Labute approximate surface area is 127 Å². The molecule has 1 heterocycles. The number of hydrogen-bond acceptors (Lipinski definition) is 2. The van der Waals surface area contributed by atoms with Crippen LogP contribution in [0.4, 0.5) is 5.82 Å². The number of para-hydroxylation sites is 1. The lowest BCUT2D eigenvalue weighted by Crippen LogP contribution is -2.15. The topological polar surface area (TPSA) is 66.9 Å². The van der Waals surface area contributed by atoms with E-state index in [0.717, 1.165) is 11.3 Å². The van der Waals surface area contributed by atoms with E-state index in [1.165, 1.54) is 10.7 Å². The Bertz CT molecular complexity index is 820. The minimum atomic E-state index is -0.221. The average Bonchev–Trinajstić information content (AvgIpc) is 2.89. The number of aromatic nitrogens is 2. The maximum absolute atomic E-state index is 12.0. The second kappa shape index (κ2) is 6.13. The van der Waals surface area contributed by atoms with Crippen LogP contribution in [-0.4, -0.2) is 15.7 Å². The quantitative estimate of drug-likeness (QED) is 0.775. The number of aromatic amines is 1. The number of hydrogen-bond donors (Lipinski definition) is 2. The second-order valence-corrected chi connectivity index (χ2v) is 4.89. The van der Waals surface area contributed by atoms with Gasteiger partial charge in [0.15, 0.2) is 0 Å². The molecule has 110 valence electrons. The molecule has 0 bridgehead atoms. The molecule has 5 heteroatoms. The zero-order valence-electron chi connectivity index (χ0n) is 11.8. The Morgan fingerprint density at radius 1 is 1.00 bits per heavy atom. The van der Waals surface area contributed by atoms with Gasteiger partial charge in [-0.1, -0.05) is 48.5 Å². The van der Waals surface area contributed by atoms with Gasteiger partial charge in [0.05, 0.1) is 12.1 Å². The number of carbonyl (C=O) groups is 1. The van der Waals surface area contributed by atoms with Gasteiger partial charge in [-0.25, -0.2) is 4.68 Å². The largest absolute Gasteiger partial charge is 0.311 e. The first-order valence-electron chi connectivity index (χ1n) is 6.93. The molecular formula is C17H15N3O2. The fourth-order valence-corrected chi connectivity index (χ4v) is 2.20. The van der Waals surface area contributed by atoms with Gasteiger partial charge in [0.2, 0.25) is 5.91 Å². The lowest BCUT2D eigenvalue weighted by atomic mass is 10.1. The summed E-state index contributed by atoms with van der Waals surface area (Å²) in [6.07, 6.45) is 0.263. The summed E-state index contributed by atoms with van der Waals surface area (Å²) in [7, 11) is 0. The molecule has 2 N–H and O–H groups in total. The molecule has 1 amide bonds. The van der Waals surface area contributed by atoms with Crippen LogP contribution in [0.5, 0.6) is 0 Å². The van der Waals surface area contributed by atoms with Crippen molar-refractivity contribution in [3.05, 3.63) is 82.6 Å². The lowest BCUT2D eigenvalue weighted by molar-refractivity contribution is -0.115. The predicted molar refractivity (Wildman–Crippen MR) is 85.2 cm³/mol. The van der Waals surface area contributed by atoms with Crippen LogP contribution in [-0.2, 0) is 11.2 Å². The van der Waals surface area contributed by atoms with E-state index < -0.39 is 0 Å². The summed E-state index contributed by atoms with van der Waals surface area (Å²) in [6, 6.07) is 20.0. The van der Waals surface area contributed by atoms with Crippen LogP contribution in [0, 0.1) is 0 Å². The molecule has 2 aromatic carbocycles. The summed E-state index contributed by atoms with van der Waals surface area (Å²) < 4.78 is 1.39. The van der Waals surface area contributed by atoms with E-state index in [1.807, 2.05) is 60.7 Å². The van der Waals surface area contributed by atoms with Gasteiger partial charge in [-0.2, -0.15) is 0 Å². The van der Waals surface area contributed by atoms with Crippen LogP contribution in [0.3, 0.4) is 0 Å². The molecule has 5 nitrogen and oxygen atoms in total. The first kappa shape index (κ1) is 13.9. The molecule has 0 fully saturated rings. The second-order valence-electron chi connectivity index (χ2n) is 4.89. The molecule has 0 atom stereocenters. The Kier molecular flexibility index (Phi) is 3.87. The van der Waals surface area contributed by atoms with Crippen molar-refractivity contribution >= 4 is 11.7 Å². The maximum atomic E-state index is 12.0. The molecule has 1 aromatic heterocycles. The van der Waals surface area contributed by atoms with Crippen LogP contribution in [0.15, 0.2) is 71.5 Å². The third-order valence-electron chi connectivity index (χ3n) is 3.22. The molecule has 0 saturated heterocycles. The van der Waals surface area contributed by atoms with Gasteiger partial charge in [-0.3, -0.25) is 14.7 Å². The number of amides is 1. The van der Waals surface area contributed by atoms with E-state index in [1.54, 1.807) is 0 Å². The highest BCUT2D eigenvalue weighted by molar-refractivity contribution is 5.91. The number of anilines is 1. The first-order valence-corrected chi connectivity index (χ1v) is 6.93. The molecule has 22 heavy (non-hydrogen) atoms. The Balaban J connectivity index is 1.74. The number of rotatable bonds is 4. The highest BCUT2D eigenvalue weighted by atomic mass is 16.2. The number of carbonyl (C=O) groups excluding carboxylic acids is 1. The van der Waals surface area contributed by atoms with Crippen molar-refractivity contribution < 1.29 is 4.79 Å². The molecule has 0 radical (unpaired) electrons. The van der Waals surface area contributed by atoms with Gasteiger partial charge in [-0.05, 0) is 17.7 Å². The summed E-state index contributed by atoms with van der Waals surface area (Å²) in [4.78, 5) is 24.0. The molecule has 0 spiro atoms. The summed E-state index contributed by atoms with van der Waals surface area (Å²) >= 11 is 0. The van der Waals surface area contributed by atoms with Gasteiger partial charge >= 0.3 is 0 Å². The van der Waals surface area contributed by atoms with Crippen molar-refractivity contribution in [1.29, 1.82) is 0 Å². The van der Waals surface area contributed by atoms with E-state index in [9.17, 15) is 9.59 Å². The van der Waals surface area contributed by atoms with Gasteiger partial charge in [-0.15, -0.1) is 0 Å². The lowest BCUT2D eigenvalue weighted by Gasteiger charge is -2.04. The fourth-order valence-electron chi connectivity index (χ4n) is 2.20. The monoisotopic (exact) mass is 293 g/mol. The van der Waals surface area contributed by atoms with Crippen LogP contribution in [0.25, 0.3) is 5.69 Å². The number of benzene rings is 2. The van der Waals surface area contributed by atoms with Crippen molar-refractivity contribution in [1.82, 2.24) is 9.78 Å². The molecule has 0 aliphatic heterocycles. The van der Waals surface area contributed by atoms with Gasteiger partial charge < -0.3 is 5.32 Å². The highest BCUT2D eigenvalue weighted by Gasteiger charge is 2.08. The van der Waals surface area contributed by atoms with Gasteiger partial charge in [0, 0.05) is 6.07 Å². The predicted octanol–water partition coefficient (Wildman–Crippen LogP) is 2.35. The number of nitrogens with zero attached hydrogens (tertiary/aromatic N) is 1. The van der Waals surface area contributed by atoms with Crippen LogP contribution < -0.4 is 10.9 Å². The van der Waals surface area contributed by atoms with Crippen molar-refractivity contribution in [2.24, 2.45) is 0 Å². The summed E-state index contributed by atoms with van der Waals surface area (Å²) in [6.45, 7) is 0. The van der Waals surface area contributed by atoms with Crippen LogP contribution in [0.1, 0.15) is 5.56 Å². The zero-order chi connectivity index (χ0) is 15.4. The van der Waals surface area contributed by atoms with Crippen molar-refractivity contribution in [3.63, 3.8) is 0 Å². The molecule has 3 rings (SSSR count). The number of nitrogens with one attached hydrogen (secondary N) is 2. The Hall–Kier alpha value is -3.08. The summed E-state index contributed by atoms with van der Waals surface area (Å²) in [5, 5.41) is 5.59. The summed E-state index contributed by atoms with van der Waals surface area (Å²) in [5.41, 5.74) is 1.42. The molecule has 0 aliphatic carbocycles. The van der Waals surface area contributed by atoms with Crippen LogP contribution in [0.2, 0.25) is 0 Å². The Morgan fingerprint density at radius 2 is 1.64 bits per heavy atom. The molecule has 3 aromatic rings. The standard InChI is InChI=1S/C17H15N3O2/c21-16(11-13-7-3-1-4-8-13)18-15-12-17(22)20(19-15)14-9-5-2-6-10-14/h1-10,12,19H,11H2,(H,18,21).